The third kappa shape index (κ3) is 13.9. The van der Waals surface area contributed by atoms with Gasteiger partial charge in [0.05, 0.1) is 12.5 Å². The lowest BCUT2D eigenvalue weighted by Crippen LogP contribution is -2.38. The molecular weight excluding hydrogens is 466 g/mol. The fourth-order valence-electron chi connectivity index (χ4n) is 4.74. The van der Waals surface area contributed by atoms with E-state index in [-0.39, 0.29) is 32.1 Å². The fourth-order valence-corrected chi connectivity index (χ4v) is 4.74. The van der Waals surface area contributed by atoms with Gasteiger partial charge in [-0.2, -0.15) is 0 Å². The molecule has 0 spiro atoms. The summed E-state index contributed by atoms with van der Waals surface area (Å²) in [6.45, 7) is 4.86. The number of carboxylic acid groups (broad SMARTS) is 1. The van der Waals surface area contributed by atoms with Crippen molar-refractivity contribution in [3.05, 3.63) is 71.8 Å². The summed E-state index contributed by atoms with van der Waals surface area (Å²) in [6, 6.07) is 19.6. The summed E-state index contributed by atoms with van der Waals surface area (Å²) in [7, 11) is 0. The largest absolute Gasteiger partial charge is 0.481 e. The van der Waals surface area contributed by atoms with Gasteiger partial charge in [0.25, 0.3) is 0 Å². The Kier molecular flexibility index (Phi) is 16.0. The Hall–Kier alpha value is -2.86. The minimum atomic E-state index is -0.605. The first-order valence-electron chi connectivity index (χ1n) is 13.2. The lowest BCUT2D eigenvalue weighted by Gasteiger charge is -2.27. The Morgan fingerprint density at radius 3 is 1.84 bits per heavy atom. The van der Waals surface area contributed by atoms with Crippen molar-refractivity contribution >= 4 is 12.1 Å². The van der Waals surface area contributed by atoms with E-state index in [1.807, 2.05) is 60.7 Å². The fraction of sp³-hybridized carbons (Fsp3) is 0.548. The molecule has 2 aliphatic rings. The van der Waals surface area contributed by atoms with E-state index < -0.39 is 5.97 Å². The molecule has 0 aliphatic heterocycles. The average Bonchev–Trinajstić information content (AvgIpc) is 2.89. The molecule has 0 aromatic heterocycles. The van der Waals surface area contributed by atoms with Gasteiger partial charge < -0.3 is 20.3 Å². The van der Waals surface area contributed by atoms with E-state index in [0.717, 1.165) is 43.2 Å². The third-order valence-electron chi connectivity index (χ3n) is 6.78. The highest BCUT2D eigenvalue weighted by Gasteiger charge is 2.24. The van der Waals surface area contributed by atoms with Crippen molar-refractivity contribution in [2.45, 2.75) is 91.9 Å². The monoisotopic (exact) mass is 513 g/mol. The topological polar surface area (TPSA) is 95.9 Å². The number of carboxylic acids is 1. The molecule has 37 heavy (non-hydrogen) atoms. The number of alkyl carbamates (subject to hydrolysis) is 1. The highest BCUT2D eigenvalue weighted by Crippen LogP contribution is 2.28. The van der Waals surface area contributed by atoms with Crippen molar-refractivity contribution in [2.75, 3.05) is 0 Å². The molecule has 206 valence electrons. The molecule has 6 heteroatoms. The van der Waals surface area contributed by atoms with Gasteiger partial charge in [-0.1, -0.05) is 108 Å². The smallest absolute Gasteiger partial charge is 0.407 e. The molecule has 4 atom stereocenters. The standard InChI is InChI=1S/C15H21NO2.C8H14O2.C7H8O.CH4/c1-12-6-5-9-14(10-12)16-15(17)18-11-13-7-3-2-4-8-13;1-6-3-2-4-7(5-6)8(9)10;8-6-7-4-2-1-3-5-7;/h2-4,7-8,12,14H,5-6,9-11H2,1H3,(H,16,17);6-7H,2-5H2,1H3,(H,9,10);1-5,8H,6H2;1H4/t12-,14+;6-,7+;;/m00../s1. The average molecular weight is 514 g/mol. The van der Waals surface area contributed by atoms with Gasteiger partial charge in [0.15, 0.2) is 0 Å². The second-order valence-corrected chi connectivity index (χ2v) is 10.1. The molecule has 2 saturated carbocycles. The molecule has 2 aromatic carbocycles. The highest BCUT2D eigenvalue weighted by molar-refractivity contribution is 5.70. The van der Waals surface area contributed by atoms with Crippen LogP contribution in [0.3, 0.4) is 0 Å². The number of ether oxygens (including phenoxy) is 1. The van der Waals surface area contributed by atoms with E-state index in [0.29, 0.717) is 18.4 Å². The Morgan fingerprint density at radius 2 is 1.38 bits per heavy atom. The van der Waals surface area contributed by atoms with Gasteiger partial charge in [-0.3, -0.25) is 4.79 Å². The molecule has 2 aliphatic carbocycles. The molecular formula is C31H47NO5. The summed E-state index contributed by atoms with van der Waals surface area (Å²) in [5.74, 6) is 0.670. The van der Waals surface area contributed by atoms with Crippen LogP contribution in [0.2, 0.25) is 0 Å². The number of aliphatic carboxylic acids is 1. The van der Waals surface area contributed by atoms with Crippen LogP contribution in [-0.2, 0) is 22.7 Å². The van der Waals surface area contributed by atoms with Gasteiger partial charge in [0.2, 0.25) is 0 Å². The van der Waals surface area contributed by atoms with Crippen LogP contribution in [0.4, 0.5) is 4.79 Å². The predicted octanol–water partition coefficient (Wildman–Crippen LogP) is 7.20. The Bertz CT molecular complexity index is 874. The van der Waals surface area contributed by atoms with E-state index >= 15 is 0 Å². The maximum absolute atomic E-state index is 11.7. The predicted molar refractivity (Wildman–Crippen MR) is 149 cm³/mol. The molecule has 0 saturated heterocycles. The second kappa shape index (κ2) is 18.4. The Labute approximate surface area is 223 Å². The van der Waals surface area contributed by atoms with Gasteiger partial charge >= 0.3 is 12.1 Å². The molecule has 0 bridgehead atoms. The molecule has 4 rings (SSSR count). The minimum absolute atomic E-state index is 0. The zero-order valence-electron chi connectivity index (χ0n) is 21.8. The number of amides is 1. The zero-order chi connectivity index (χ0) is 26.2. The van der Waals surface area contributed by atoms with Crippen LogP contribution in [0.5, 0.6) is 0 Å². The van der Waals surface area contributed by atoms with Crippen LogP contribution in [0.15, 0.2) is 60.7 Å². The van der Waals surface area contributed by atoms with E-state index in [1.165, 1.54) is 19.3 Å². The van der Waals surface area contributed by atoms with Crippen molar-refractivity contribution in [3.63, 3.8) is 0 Å². The van der Waals surface area contributed by atoms with Gasteiger partial charge in [-0.05, 0) is 48.6 Å². The van der Waals surface area contributed by atoms with Crippen molar-refractivity contribution in [1.82, 2.24) is 5.32 Å². The highest BCUT2D eigenvalue weighted by atomic mass is 16.5. The number of hydrogen-bond donors (Lipinski definition) is 3. The summed E-state index contributed by atoms with van der Waals surface area (Å²) in [6.07, 6.45) is 8.41. The molecule has 1 amide bonds. The summed E-state index contributed by atoms with van der Waals surface area (Å²) >= 11 is 0. The van der Waals surface area contributed by atoms with Crippen molar-refractivity contribution in [2.24, 2.45) is 17.8 Å². The lowest BCUT2D eigenvalue weighted by molar-refractivity contribution is -0.143. The number of carbonyl (C=O) groups is 2. The number of aliphatic hydroxyl groups is 1. The maximum Gasteiger partial charge on any atom is 0.407 e. The van der Waals surface area contributed by atoms with Crippen LogP contribution in [0.25, 0.3) is 0 Å². The van der Waals surface area contributed by atoms with Gasteiger partial charge in [0.1, 0.15) is 6.61 Å². The van der Waals surface area contributed by atoms with Crippen LogP contribution < -0.4 is 5.32 Å². The third-order valence-corrected chi connectivity index (χ3v) is 6.78. The Balaban J connectivity index is 0.000000305. The van der Waals surface area contributed by atoms with Crippen LogP contribution in [-0.4, -0.2) is 28.3 Å². The number of rotatable bonds is 5. The molecule has 0 heterocycles. The van der Waals surface area contributed by atoms with Crippen LogP contribution >= 0.6 is 0 Å². The van der Waals surface area contributed by atoms with Gasteiger partial charge in [0, 0.05) is 6.04 Å². The lowest BCUT2D eigenvalue weighted by atomic mass is 9.83. The van der Waals surface area contributed by atoms with Crippen LogP contribution in [0.1, 0.15) is 83.8 Å². The number of aliphatic hydroxyl groups excluding tert-OH is 1. The molecule has 2 fully saturated rings. The molecule has 6 nitrogen and oxygen atoms in total. The van der Waals surface area contributed by atoms with Crippen molar-refractivity contribution < 1.29 is 24.5 Å². The van der Waals surface area contributed by atoms with Crippen molar-refractivity contribution in [3.8, 4) is 0 Å². The summed E-state index contributed by atoms with van der Waals surface area (Å²) in [5.41, 5.74) is 1.98. The first kappa shape index (κ1) is 32.2. The van der Waals surface area contributed by atoms with Crippen LogP contribution in [0, 0.1) is 17.8 Å². The number of nitrogens with one attached hydrogen (secondary N) is 1. The molecule has 0 radical (unpaired) electrons. The van der Waals surface area contributed by atoms with E-state index in [4.69, 9.17) is 14.9 Å². The second-order valence-electron chi connectivity index (χ2n) is 10.1. The van der Waals surface area contributed by atoms with E-state index in [1.54, 1.807) is 0 Å². The maximum atomic E-state index is 11.7. The normalized spacial score (nSPS) is 22.5. The molecule has 3 N–H and O–H groups in total. The zero-order valence-corrected chi connectivity index (χ0v) is 21.8. The summed E-state index contributed by atoms with van der Waals surface area (Å²) in [5, 5.41) is 20.2. The Morgan fingerprint density at radius 1 is 0.838 bits per heavy atom. The number of hydrogen-bond acceptors (Lipinski definition) is 4. The molecule has 2 aromatic rings. The summed E-state index contributed by atoms with van der Waals surface area (Å²) in [4.78, 5) is 22.2. The van der Waals surface area contributed by atoms with E-state index in [9.17, 15) is 9.59 Å². The van der Waals surface area contributed by atoms with Crippen molar-refractivity contribution in [1.29, 1.82) is 0 Å². The van der Waals surface area contributed by atoms with Gasteiger partial charge in [-0.15, -0.1) is 0 Å². The van der Waals surface area contributed by atoms with Gasteiger partial charge in [-0.25, -0.2) is 4.79 Å². The first-order chi connectivity index (χ1) is 17.4. The minimum Gasteiger partial charge on any atom is -0.481 e. The van der Waals surface area contributed by atoms with E-state index in [2.05, 4.69) is 19.2 Å². The SMILES string of the molecule is C.C[C@H]1CCC[C@@H](C(=O)O)C1.C[C@H]1CCC[C@@H](NC(=O)OCc2ccccc2)C1.OCc1ccccc1. The number of carbonyl (C=O) groups excluding carboxylic acids is 1. The first-order valence-corrected chi connectivity index (χ1v) is 13.2. The quantitative estimate of drug-likeness (QED) is 0.393. The summed E-state index contributed by atoms with van der Waals surface area (Å²) < 4.78 is 5.22. The molecule has 0 unspecified atom stereocenters. The number of benzene rings is 2.